The van der Waals surface area contributed by atoms with Gasteiger partial charge in [0.1, 0.15) is 11.8 Å². The first-order valence-electron chi connectivity index (χ1n) is 11.3. The third-order valence-electron chi connectivity index (χ3n) is 5.88. The van der Waals surface area contributed by atoms with Crippen molar-refractivity contribution in [3.63, 3.8) is 0 Å². The van der Waals surface area contributed by atoms with Crippen molar-refractivity contribution in [3.8, 4) is 5.75 Å². The number of methoxy groups -OCH3 is 1. The average molecular weight is 466 g/mol. The van der Waals surface area contributed by atoms with E-state index in [4.69, 9.17) is 14.6 Å². The fraction of sp³-hybridized carbons (Fsp3) is 0.346. The van der Waals surface area contributed by atoms with Crippen molar-refractivity contribution in [3.05, 3.63) is 65.9 Å². The number of hydrogen-bond acceptors (Lipinski definition) is 4. The molecular weight excluding hydrogens is 434 g/mol. The molecule has 0 spiro atoms. The summed E-state index contributed by atoms with van der Waals surface area (Å²) in [7, 11) is 1.66. The molecule has 4 rings (SSSR count). The lowest BCUT2D eigenvalue weighted by molar-refractivity contribution is -0.140. The van der Waals surface area contributed by atoms with E-state index in [-0.39, 0.29) is 11.8 Å². The number of nitrogens with one attached hydrogen (secondary N) is 1. The van der Waals surface area contributed by atoms with E-state index in [2.05, 4.69) is 4.98 Å². The van der Waals surface area contributed by atoms with E-state index in [1.165, 1.54) is 0 Å². The molecule has 1 aliphatic heterocycles. The second-order valence-corrected chi connectivity index (χ2v) is 8.11. The summed E-state index contributed by atoms with van der Waals surface area (Å²) in [6.45, 7) is 4.79. The highest BCUT2D eigenvalue weighted by molar-refractivity contribution is 5.98. The number of nitrogens with zero attached hydrogens (tertiary/aromatic N) is 2. The molecule has 2 aromatic carbocycles. The van der Waals surface area contributed by atoms with Crippen LogP contribution in [0.4, 0.5) is 0 Å². The van der Waals surface area contributed by atoms with Crippen LogP contribution in [-0.4, -0.2) is 70.5 Å². The number of benzene rings is 2. The van der Waals surface area contributed by atoms with Gasteiger partial charge in [0, 0.05) is 49.2 Å². The predicted octanol–water partition coefficient (Wildman–Crippen LogP) is 3.57. The second kappa shape index (κ2) is 11.4. The molecule has 2 N–H and O–H groups in total. The normalized spacial score (nSPS) is 15.6. The summed E-state index contributed by atoms with van der Waals surface area (Å²) < 4.78 is 5.34. The van der Waals surface area contributed by atoms with E-state index in [0.29, 0.717) is 31.6 Å². The van der Waals surface area contributed by atoms with Crippen LogP contribution in [0.3, 0.4) is 0 Å². The number of amides is 2. The maximum atomic E-state index is 13.1. The summed E-state index contributed by atoms with van der Waals surface area (Å²) >= 11 is 0. The van der Waals surface area contributed by atoms with E-state index >= 15 is 0 Å². The number of rotatable bonds is 6. The monoisotopic (exact) mass is 465 g/mol. The molecule has 1 saturated heterocycles. The first-order chi connectivity index (χ1) is 16.3. The molecule has 1 unspecified atom stereocenters. The fourth-order valence-electron chi connectivity index (χ4n) is 4.19. The molecule has 1 aliphatic rings. The Kier molecular flexibility index (Phi) is 8.29. The standard InChI is InChI=1S/C24H27N3O3.C2H4O2/c1-3-22-24(29)26(13-14-27(22)23(28)17-7-5-4-6-8-17)12-11-18-16-25-21-10-9-19(30-2)15-20(18)21;1-2(3)4/h4-10,15-16,22,25H,3,11-14H2,1-2H3;1H3,(H,3,4). The van der Waals surface area contributed by atoms with Gasteiger partial charge in [-0.25, -0.2) is 0 Å². The Hall–Kier alpha value is -3.81. The van der Waals surface area contributed by atoms with E-state index in [9.17, 15) is 9.59 Å². The van der Waals surface area contributed by atoms with Gasteiger partial charge in [-0.2, -0.15) is 0 Å². The SMILES string of the molecule is CC(=O)O.CCC1C(=O)N(CCc2c[nH]c3ccc(OC)cc23)CCN1C(=O)c1ccccc1. The first-order valence-corrected chi connectivity index (χ1v) is 11.3. The highest BCUT2D eigenvalue weighted by Gasteiger charge is 2.36. The Morgan fingerprint density at radius 1 is 1.15 bits per heavy atom. The molecule has 8 heteroatoms. The topological polar surface area (TPSA) is 103 Å². The lowest BCUT2D eigenvalue weighted by Gasteiger charge is -2.40. The van der Waals surface area contributed by atoms with Crippen LogP contribution in [0.25, 0.3) is 10.9 Å². The average Bonchev–Trinajstić information content (AvgIpc) is 3.25. The van der Waals surface area contributed by atoms with Gasteiger partial charge in [-0.15, -0.1) is 0 Å². The number of carbonyl (C=O) groups is 3. The number of piperazine rings is 1. The van der Waals surface area contributed by atoms with Crippen LogP contribution in [0, 0.1) is 0 Å². The third-order valence-corrected chi connectivity index (χ3v) is 5.88. The summed E-state index contributed by atoms with van der Waals surface area (Å²) in [5, 5.41) is 8.53. The van der Waals surface area contributed by atoms with E-state index < -0.39 is 12.0 Å². The number of H-pyrrole nitrogens is 1. The van der Waals surface area contributed by atoms with Crippen molar-refractivity contribution in [1.29, 1.82) is 0 Å². The van der Waals surface area contributed by atoms with Gasteiger partial charge < -0.3 is 24.6 Å². The molecule has 3 aromatic rings. The van der Waals surface area contributed by atoms with Crippen LogP contribution in [0.15, 0.2) is 54.7 Å². The lowest BCUT2D eigenvalue weighted by atomic mass is 10.0. The quantitative estimate of drug-likeness (QED) is 0.579. The number of hydrogen-bond donors (Lipinski definition) is 2. The van der Waals surface area contributed by atoms with Gasteiger partial charge in [0.05, 0.1) is 7.11 Å². The minimum absolute atomic E-state index is 0.0328. The number of fused-ring (bicyclic) bond motifs is 1. The number of aromatic nitrogens is 1. The van der Waals surface area contributed by atoms with Crippen molar-refractivity contribution in [2.45, 2.75) is 32.7 Å². The largest absolute Gasteiger partial charge is 0.497 e. The minimum atomic E-state index is -0.833. The molecule has 34 heavy (non-hydrogen) atoms. The molecule has 2 amide bonds. The number of carbonyl (C=O) groups excluding carboxylic acids is 2. The summed E-state index contributed by atoms with van der Waals surface area (Å²) in [6, 6.07) is 14.7. The minimum Gasteiger partial charge on any atom is -0.497 e. The number of aliphatic carboxylic acids is 1. The summed E-state index contributed by atoms with van der Waals surface area (Å²) in [5.74, 6) is -0.0526. The van der Waals surface area contributed by atoms with Gasteiger partial charge in [0.2, 0.25) is 5.91 Å². The zero-order chi connectivity index (χ0) is 24.7. The summed E-state index contributed by atoms with van der Waals surface area (Å²) in [4.78, 5) is 41.9. The molecule has 8 nitrogen and oxygen atoms in total. The van der Waals surface area contributed by atoms with Gasteiger partial charge in [-0.1, -0.05) is 25.1 Å². The number of carboxylic acids is 1. The van der Waals surface area contributed by atoms with Crippen LogP contribution in [0.2, 0.25) is 0 Å². The Morgan fingerprint density at radius 3 is 2.50 bits per heavy atom. The highest BCUT2D eigenvalue weighted by Crippen LogP contribution is 2.25. The molecule has 180 valence electrons. The number of ether oxygens (including phenoxy) is 1. The predicted molar refractivity (Wildman–Crippen MR) is 130 cm³/mol. The molecule has 0 radical (unpaired) electrons. The molecule has 1 atom stereocenters. The van der Waals surface area contributed by atoms with Crippen molar-refractivity contribution < 1.29 is 24.2 Å². The van der Waals surface area contributed by atoms with Crippen LogP contribution in [0.5, 0.6) is 5.75 Å². The molecule has 0 bridgehead atoms. The lowest BCUT2D eigenvalue weighted by Crippen LogP contribution is -2.58. The summed E-state index contributed by atoms with van der Waals surface area (Å²) in [6.07, 6.45) is 3.36. The molecule has 1 aromatic heterocycles. The smallest absolute Gasteiger partial charge is 0.300 e. The molecule has 0 saturated carbocycles. The Morgan fingerprint density at radius 2 is 1.85 bits per heavy atom. The molecular formula is C26H31N3O5. The zero-order valence-corrected chi connectivity index (χ0v) is 19.8. The van der Waals surface area contributed by atoms with Crippen LogP contribution < -0.4 is 4.74 Å². The van der Waals surface area contributed by atoms with Gasteiger partial charge in [-0.05, 0) is 48.7 Å². The summed E-state index contributed by atoms with van der Waals surface area (Å²) in [5.41, 5.74) is 2.85. The molecule has 0 aliphatic carbocycles. The third kappa shape index (κ3) is 5.75. The van der Waals surface area contributed by atoms with Gasteiger partial charge >= 0.3 is 0 Å². The van der Waals surface area contributed by atoms with Crippen LogP contribution >= 0.6 is 0 Å². The van der Waals surface area contributed by atoms with Crippen molar-refractivity contribution in [2.75, 3.05) is 26.7 Å². The van der Waals surface area contributed by atoms with Gasteiger partial charge in [0.25, 0.3) is 11.9 Å². The molecule has 1 fully saturated rings. The van der Waals surface area contributed by atoms with Crippen molar-refractivity contribution in [1.82, 2.24) is 14.8 Å². The van der Waals surface area contributed by atoms with Crippen molar-refractivity contribution in [2.24, 2.45) is 0 Å². The Labute approximate surface area is 199 Å². The van der Waals surface area contributed by atoms with Crippen LogP contribution in [0.1, 0.15) is 36.2 Å². The van der Waals surface area contributed by atoms with Gasteiger partial charge in [-0.3, -0.25) is 14.4 Å². The number of aromatic amines is 1. The number of carboxylic acid groups (broad SMARTS) is 1. The van der Waals surface area contributed by atoms with E-state index in [1.54, 1.807) is 24.1 Å². The second-order valence-electron chi connectivity index (χ2n) is 8.11. The van der Waals surface area contributed by atoms with Crippen LogP contribution in [-0.2, 0) is 16.0 Å². The maximum absolute atomic E-state index is 13.1. The highest BCUT2D eigenvalue weighted by atomic mass is 16.5. The van der Waals surface area contributed by atoms with Gasteiger partial charge in [0.15, 0.2) is 0 Å². The molecule has 2 heterocycles. The first kappa shape index (κ1) is 24.8. The Balaban J connectivity index is 0.000000751. The van der Waals surface area contributed by atoms with E-state index in [1.807, 2.05) is 54.4 Å². The maximum Gasteiger partial charge on any atom is 0.300 e. The van der Waals surface area contributed by atoms with Crippen molar-refractivity contribution >= 4 is 28.7 Å². The Bertz CT molecular complexity index is 1140. The van der Waals surface area contributed by atoms with E-state index in [0.717, 1.165) is 35.6 Å². The fourth-order valence-corrected chi connectivity index (χ4v) is 4.19. The zero-order valence-electron chi connectivity index (χ0n) is 19.8.